The molecule has 0 saturated carbocycles. The van der Waals surface area contributed by atoms with Crippen LogP contribution in [0.3, 0.4) is 0 Å². The number of amides is 1. The standard InChI is InChI=1S/C28H28N4O2/c33-28(32(19-22-9-3-1-4-10-22)20-23-11-5-2-6-12-23)24-13-7-17-31(21-24)27-16-15-25(29-30-27)26-14-8-18-34-26/h1-6,8-12,14-16,18,24H,7,13,17,19-21H2. The van der Waals surface area contributed by atoms with Crippen LogP contribution in [0.2, 0.25) is 0 Å². The minimum atomic E-state index is -0.0762. The van der Waals surface area contributed by atoms with Crippen molar-refractivity contribution in [2.45, 2.75) is 25.9 Å². The zero-order valence-electron chi connectivity index (χ0n) is 19.1. The van der Waals surface area contributed by atoms with Crippen LogP contribution in [0.15, 0.2) is 95.6 Å². The van der Waals surface area contributed by atoms with Gasteiger partial charge in [-0.2, -0.15) is 0 Å². The topological polar surface area (TPSA) is 62.5 Å². The summed E-state index contributed by atoms with van der Waals surface area (Å²) in [6.07, 6.45) is 3.46. The van der Waals surface area contributed by atoms with Crippen molar-refractivity contribution in [2.24, 2.45) is 5.92 Å². The molecule has 0 N–H and O–H groups in total. The van der Waals surface area contributed by atoms with Crippen molar-refractivity contribution in [1.29, 1.82) is 0 Å². The van der Waals surface area contributed by atoms with Gasteiger partial charge in [-0.05, 0) is 48.2 Å². The average molecular weight is 453 g/mol. The molecule has 2 aromatic heterocycles. The van der Waals surface area contributed by atoms with Crippen LogP contribution in [0.4, 0.5) is 5.82 Å². The van der Waals surface area contributed by atoms with Gasteiger partial charge < -0.3 is 14.2 Å². The predicted molar refractivity (Wildman–Crippen MR) is 132 cm³/mol. The van der Waals surface area contributed by atoms with E-state index in [9.17, 15) is 4.79 Å². The second-order valence-corrected chi connectivity index (χ2v) is 8.70. The van der Waals surface area contributed by atoms with E-state index in [1.165, 1.54) is 0 Å². The van der Waals surface area contributed by atoms with Crippen molar-refractivity contribution in [2.75, 3.05) is 18.0 Å². The molecule has 2 aromatic carbocycles. The van der Waals surface area contributed by atoms with E-state index in [0.717, 1.165) is 36.3 Å². The number of benzene rings is 2. The summed E-state index contributed by atoms with van der Waals surface area (Å²) in [7, 11) is 0. The van der Waals surface area contributed by atoms with Crippen molar-refractivity contribution < 1.29 is 9.21 Å². The first-order chi connectivity index (χ1) is 16.8. The molecule has 0 radical (unpaired) electrons. The molecule has 1 aliphatic heterocycles. The predicted octanol–water partition coefficient (Wildman–Crippen LogP) is 5.18. The van der Waals surface area contributed by atoms with Gasteiger partial charge in [0.2, 0.25) is 5.91 Å². The Balaban J connectivity index is 1.31. The van der Waals surface area contributed by atoms with Gasteiger partial charge in [0.15, 0.2) is 11.6 Å². The smallest absolute Gasteiger partial charge is 0.228 e. The molecule has 4 aromatic rings. The van der Waals surface area contributed by atoms with Gasteiger partial charge in [-0.15, -0.1) is 10.2 Å². The Morgan fingerprint density at radius 3 is 2.18 bits per heavy atom. The highest BCUT2D eigenvalue weighted by Gasteiger charge is 2.30. The molecular weight excluding hydrogens is 424 g/mol. The fourth-order valence-electron chi connectivity index (χ4n) is 4.51. The van der Waals surface area contributed by atoms with Crippen molar-refractivity contribution in [3.05, 3.63) is 102 Å². The number of anilines is 1. The summed E-state index contributed by atoms with van der Waals surface area (Å²) in [6, 6.07) is 28.0. The SMILES string of the molecule is O=C(C1CCCN(c2ccc(-c3ccco3)nn2)C1)N(Cc1ccccc1)Cc1ccccc1. The summed E-state index contributed by atoms with van der Waals surface area (Å²) in [5, 5.41) is 8.76. The summed E-state index contributed by atoms with van der Waals surface area (Å²) in [5.74, 6) is 1.61. The number of hydrogen-bond donors (Lipinski definition) is 0. The Labute approximate surface area is 199 Å². The fourth-order valence-corrected chi connectivity index (χ4v) is 4.51. The third kappa shape index (κ3) is 5.17. The van der Waals surface area contributed by atoms with Gasteiger partial charge in [0.05, 0.1) is 12.2 Å². The Hall–Kier alpha value is -3.93. The van der Waals surface area contributed by atoms with Gasteiger partial charge in [-0.25, -0.2) is 0 Å². The molecule has 1 atom stereocenters. The fraction of sp³-hybridized carbons (Fsp3) is 0.250. The Kier molecular flexibility index (Phi) is 6.66. The van der Waals surface area contributed by atoms with Crippen molar-refractivity contribution in [1.82, 2.24) is 15.1 Å². The van der Waals surface area contributed by atoms with Gasteiger partial charge in [-0.1, -0.05) is 60.7 Å². The largest absolute Gasteiger partial charge is 0.463 e. The van der Waals surface area contributed by atoms with Crippen molar-refractivity contribution >= 4 is 11.7 Å². The van der Waals surface area contributed by atoms with Gasteiger partial charge in [-0.3, -0.25) is 4.79 Å². The highest BCUT2D eigenvalue weighted by Crippen LogP contribution is 2.26. The minimum Gasteiger partial charge on any atom is -0.463 e. The van der Waals surface area contributed by atoms with Crippen LogP contribution in [0.1, 0.15) is 24.0 Å². The van der Waals surface area contributed by atoms with Gasteiger partial charge >= 0.3 is 0 Å². The van der Waals surface area contributed by atoms with E-state index in [0.29, 0.717) is 31.1 Å². The molecule has 34 heavy (non-hydrogen) atoms. The highest BCUT2D eigenvalue weighted by molar-refractivity contribution is 5.80. The summed E-state index contributed by atoms with van der Waals surface area (Å²) in [5.41, 5.74) is 2.98. The van der Waals surface area contributed by atoms with E-state index in [1.54, 1.807) is 6.26 Å². The lowest BCUT2D eigenvalue weighted by Crippen LogP contribution is -2.44. The highest BCUT2D eigenvalue weighted by atomic mass is 16.3. The van der Waals surface area contributed by atoms with E-state index in [1.807, 2.05) is 65.6 Å². The molecule has 0 spiro atoms. The van der Waals surface area contributed by atoms with Crippen molar-refractivity contribution in [3.8, 4) is 11.5 Å². The number of rotatable bonds is 7. The molecule has 3 heterocycles. The lowest BCUT2D eigenvalue weighted by molar-refractivity contribution is -0.137. The number of furan rings is 1. The zero-order chi connectivity index (χ0) is 23.2. The van der Waals surface area contributed by atoms with Gasteiger partial charge in [0.1, 0.15) is 5.69 Å². The van der Waals surface area contributed by atoms with Crippen LogP contribution < -0.4 is 4.90 Å². The van der Waals surface area contributed by atoms with Gasteiger partial charge in [0.25, 0.3) is 0 Å². The first kappa shape index (κ1) is 21.9. The number of aromatic nitrogens is 2. The first-order valence-electron chi connectivity index (χ1n) is 11.8. The maximum absolute atomic E-state index is 13.7. The zero-order valence-corrected chi connectivity index (χ0v) is 19.1. The third-order valence-corrected chi connectivity index (χ3v) is 6.26. The quantitative estimate of drug-likeness (QED) is 0.387. The molecule has 1 aliphatic rings. The summed E-state index contributed by atoms with van der Waals surface area (Å²) >= 11 is 0. The second kappa shape index (κ2) is 10.3. The molecule has 6 heteroatoms. The minimum absolute atomic E-state index is 0.0762. The maximum Gasteiger partial charge on any atom is 0.228 e. The summed E-state index contributed by atoms with van der Waals surface area (Å²) in [4.78, 5) is 17.9. The van der Waals surface area contributed by atoms with Crippen LogP contribution in [0.5, 0.6) is 0 Å². The van der Waals surface area contributed by atoms with E-state index < -0.39 is 0 Å². The van der Waals surface area contributed by atoms with Crippen LogP contribution in [-0.4, -0.2) is 34.1 Å². The van der Waals surface area contributed by atoms with E-state index in [4.69, 9.17) is 4.42 Å². The molecule has 1 unspecified atom stereocenters. The normalized spacial score (nSPS) is 15.8. The number of piperidine rings is 1. The number of carbonyl (C=O) groups is 1. The van der Waals surface area contributed by atoms with E-state index in [-0.39, 0.29) is 11.8 Å². The van der Waals surface area contributed by atoms with E-state index in [2.05, 4.69) is 39.4 Å². The monoisotopic (exact) mass is 452 g/mol. The van der Waals surface area contributed by atoms with Crippen LogP contribution in [0.25, 0.3) is 11.5 Å². The lowest BCUT2D eigenvalue weighted by atomic mass is 9.96. The summed E-state index contributed by atoms with van der Waals surface area (Å²) in [6.45, 7) is 2.72. The molecule has 1 saturated heterocycles. The Bertz CT molecular complexity index is 1140. The van der Waals surface area contributed by atoms with Crippen LogP contribution >= 0.6 is 0 Å². The molecule has 0 bridgehead atoms. The first-order valence-corrected chi connectivity index (χ1v) is 11.8. The molecule has 5 rings (SSSR count). The molecule has 0 aliphatic carbocycles. The molecular formula is C28H28N4O2. The second-order valence-electron chi connectivity index (χ2n) is 8.70. The number of nitrogens with zero attached hydrogens (tertiary/aromatic N) is 4. The Morgan fingerprint density at radius 2 is 1.59 bits per heavy atom. The number of hydrogen-bond acceptors (Lipinski definition) is 5. The average Bonchev–Trinajstić information content (AvgIpc) is 3.45. The molecule has 172 valence electrons. The molecule has 1 amide bonds. The summed E-state index contributed by atoms with van der Waals surface area (Å²) < 4.78 is 5.41. The van der Waals surface area contributed by atoms with Crippen LogP contribution in [-0.2, 0) is 17.9 Å². The molecule has 6 nitrogen and oxygen atoms in total. The lowest BCUT2D eigenvalue weighted by Gasteiger charge is -2.35. The van der Waals surface area contributed by atoms with Crippen LogP contribution in [0, 0.1) is 5.92 Å². The van der Waals surface area contributed by atoms with E-state index >= 15 is 0 Å². The number of carbonyl (C=O) groups excluding carboxylic acids is 1. The third-order valence-electron chi connectivity index (χ3n) is 6.26. The van der Waals surface area contributed by atoms with Gasteiger partial charge in [0, 0.05) is 26.2 Å². The Morgan fingerprint density at radius 1 is 0.882 bits per heavy atom. The maximum atomic E-state index is 13.7. The van der Waals surface area contributed by atoms with Crippen molar-refractivity contribution in [3.63, 3.8) is 0 Å². The molecule has 1 fully saturated rings.